The highest BCUT2D eigenvalue weighted by Crippen LogP contribution is 2.44. The van der Waals surface area contributed by atoms with Crippen LogP contribution in [-0.4, -0.2) is 68.6 Å². The number of hydrogen-bond donors (Lipinski definition) is 1. The number of benzene rings is 4. The van der Waals surface area contributed by atoms with E-state index in [2.05, 4.69) is 12.1 Å². The summed E-state index contributed by atoms with van der Waals surface area (Å²) in [6.45, 7) is 0.256. The van der Waals surface area contributed by atoms with Crippen molar-refractivity contribution in [1.29, 1.82) is 0 Å². The Bertz CT molecular complexity index is 1690. The van der Waals surface area contributed by atoms with Crippen molar-refractivity contribution < 1.29 is 43.2 Å². The van der Waals surface area contributed by atoms with Gasteiger partial charge < -0.3 is 28.8 Å². The van der Waals surface area contributed by atoms with E-state index < -0.39 is 24.1 Å². The zero-order valence-electron chi connectivity index (χ0n) is 27.9. The zero-order valence-corrected chi connectivity index (χ0v) is 27.9. The number of esters is 1. The van der Waals surface area contributed by atoms with Crippen molar-refractivity contribution >= 4 is 18.0 Å². The van der Waals surface area contributed by atoms with Crippen LogP contribution in [0.4, 0.5) is 4.79 Å². The molecule has 0 fully saturated rings. The van der Waals surface area contributed by atoms with Crippen LogP contribution >= 0.6 is 0 Å². The number of amides is 1. The van der Waals surface area contributed by atoms with Gasteiger partial charge in [-0.1, -0.05) is 78.9 Å². The van der Waals surface area contributed by atoms with Crippen molar-refractivity contribution in [3.8, 4) is 28.4 Å². The molecule has 1 aliphatic rings. The summed E-state index contributed by atoms with van der Waals surface area (Å²) in [6.07, 6.45) is 0.572. The predicted octanol–water partition coefficient (Wildman–Crippen LogP) is 6.87. The van der Waals surface area contributed by atoms with E-state index >= 15 is 0 Å². The van der Waals surface area contributed by atoms with E-state index in [0.29, 0.717) is 42.3 Å². The molecule has 0 saturated carbocycles. The van der Waals surface area contributed by atoms with Crippen molar-refractivity contribution in [3.05, 3.63) is 113 Å². The first-order valence-electron chi connectivity index (χ1n) is 16.2. The Labute approximate surface area is 286 Å². The van der Waals surface area contributed by atoms with Crippen LogP contribution in [0.3, 0.4) is 0 Å². The molecule has 1 aliphatic carbocycles. The third-order valence-electron chi connectivity index (χ3n) is 8.66. The van der Waals surface area contributed by atoms with Gasteiger partial charge in [-0.2, -0.15) is 0 Å². The average molecular weight is 668 g/mol. The van der Waals surface area contributed by atoms with E-state index in [1.54, 1.807) is 12.1 Å². The predicted molar refractivity (Wildman–Crippen MR) is 183 cm³/mol. The molecule has 1 amide bonds. The molecule has 5 rings (SSSR count). The molecule has 10 nitrogen and oxygen atoms in total. The number of hydrogen-bond acceptors (Lipinski definition) is 8. The highest BCUT2D eigenvalue weighted by atomic mass is 16.6. The van der Waals surface area contributed by atoms with Gasteiger partial charge in [-0.3, -0.25) is 9.69 Å². The third-order valence-corrected chi connectivity index (χ3v) is 8.66. The van der Waals surface area contributed by atoms with Gasteiger partial charge in [0.05, 0.1) is 40.0 Å². The van der Waals surface area contributed by atoms with E-state index in [1.807, 2.05) is 66.7 Å². The van der Waals surface area contributed by atoms with Crippen LogP contribution in [0.25, 0.3) is 11.1 Å². The largest absolute Gasteiger partial charge is 0.496 e. The summed E-state index contributed by atoms with van der Waals surface area (Å²) in [6, 6.07) is 27.9. The summed E-state index contributed by atoms with van der Waals surface area (Å²) < 4.78 is 28.7. The lowest BCUT2D eigenvalue weighted by atomic mass is 9.98. The Morgan fingerprint density at radius 2 is 1.39 bits per heavy atom. The maximum Gasteiger partial charge on any atom is 0.410 e. The molecule has 0 bridgehead atoms. The molecule has 1 atom stereocenters. The van der Waals surface area contributed by atoms with Gasteiger partial charge in [0.1, 0.15) is 29.9 Å². The van der Waals surface area contributed by atoms with Gasteiger partial charge in [-0.05, 0) is 40.7 Å². The fourth-order valence-electron chi connectivity index (χ4n) is 6.21. The van der Waals surface area contributed by atoms with Crippen molar-refractivity contribution in [2.75, 3.05) is 34.5 Å². The fourth-order valence-corrected chi connectivity index (χ4v) is 6.21. The average Bonchev–Trinajstić information content (AvgIpc) is 3.45. The molecule has 1 unspecified atom stereocenters. The molecule has 4 aromatic rings. The van der Waals surface area contributed by atoms with E-state index in [0.717, 1.165) is 27.8 Å². The molecule has 256 valence electrons. The molecule has 49 heavy (non-hydrogen) atoms. The quantitative estimate of drug-likeness (QED) is 0.101. The molecule has 0 saturated heterocycles. The molecule has 0 aliphatic heterocycles. The minimum atomic E-state index is -1.04. The first-order valence-corrected chi connectivity index (χ1v) is 16.2. The van der Waals surface area contributed by atoms with Crippen LogP contribution in [0, 0.1) is 0 Å². The van der Waals surface area contributed by atoms with E-state index in [4.69, 9.17) is 28.8 Å². The first-order chi connectivity index (χ1) is 23.8. The number of carbonyl (C=O) groups excluding carboxylic acids is 2. The third kappa shape index (κ3) is 8.32. The van der Waals surface area contributed by atoms with Crippen LogP contribution in [0.5, 0.6) is 17.2 Å². The second-order valence-corrected chi connectivity index (χ2v) is 11.7. The lowest BCUT2D eigenvalue weighted by molar-refractivity contribution is -0.146. The summed E-state index contributed by atoms with van der Waals surface area (Å²) in [5, 5.41) is 8.91. The molecule has 1 N–H and O–H groups in total. The Morgan fingerprint density at radius 1 is 0.796 bits per heavy atom. The normalized spacial score (nSPS) is 12.3. The van der Waals surface area contributed by atoms with Gasteiger partial charge in [-0.25, -0.2) is 9.59 Å². The van der Waals surface area contributed by atoms with Crippen LogP contribution in [-0.2, 0) is 32.0 Å². The summed E-state index contributed by atoms with van der Waals surface area (Å²) in [5.41, 5.74) is 5.67. The highest BCUT2D eigenvalue weighted by Gasteiger charge is 2.36. The second-order valence-electron chi connectivity index (χ2n) is 11.7. The van der Waals surface area contributed by atoms with E-state index in [-0.39, 0.29) is 31.9 Å². The Kier molecular flexibility index (Phi) is 11.8. The van der Waals surface area contributed by atoms with Crippen LogP contribution in [0.1, 0.15) is 47.4 Å². The van der Waals surface area contributed by atoms with Gasteiger partial charge in [0.2, 0.25) is 0 Å². The highest BCUT2D eigenvalue weighted by molar-refractivity contribution is 5.82. The number of carbonyl (C=O) groups is 3. The van der Waals surface area contributed by atoms with Crippen LogP contribution in [0.15, 0.2) is 91.0 Å². The lowest BCUT2D eigenvalue weighted by Gasteiger charge is -2.31. The van der Waals surface area contributed by atoms with Gasteiger partial charge in [0, 0.05) is 30.9 Å². The number of aliphatic carboxylic acids is 1. The summed E-state index contributed by atoms with van der Waals surface area (Å²) in [5.74, 6) is -0.434. The minimum Gasteiger partial charge on any atom is -0.496 e. The van der Waals surface area contributed by atoms with Gasteiger partial charge in [0.15, 0.2) is 0 Å². The Balaban J connectivity index is 1.45. The number of methoxy groups -OCH3 is 3. The van der Waals surface area contributed by atoms with Gasteiger partial charge in [0.25, 0.3) is 0 Å². The van der Waals surface area contributed by atoms with Gasteiger partial charge >= 0.3 is 18.0 Å². The molecular formula is C39H41NO9. The maximum atomic E-state index is 14.2. The lowest BCUT2D eigenvalue weighted by Crippen LogP contribution is -2.47. The van der Waals surface area contributed by atoms with Crippen molar-refractivity contribution in [1.82, 2.24) is 4.90 Å². The summed E-state index contributed by atoms with van der Waals surface area (Å²) >= 11 is 0. The van der Waals surface area contributed by atoms with Gasteiger partial charge in [-0.15, -0.1) is 0 Å². The topological polar surface area (TPSA) is 121 Å². The number of fused-ring (bicyclic) bond motifs is 3. The van der Waals surface area contributed by atoms with E-state index in [1.165, 1.54) is 26.2 Å². The number of nitrogens with zero attached hydrogens (tertiary/aromatic N) is 1. The molecule has 0 heterocycles. The van der Waals surface area contributed by atoms with Crippen LogP contribution < -0.4 is 14.2 Å². The molecule has 0 aromatic heterocycles. The number of carboxylic acids is 1. The van der Waals surface area contributed by atoms with Crippen molar-refractivity contribution in [2.45, 2.75) is 44.2 Å². The monoisotopic (exact) mass is 667 g/mol. The molecule has 0 radical (unpaired) electrons. The SMILES string of the molecule is COC(=O)C(Cc1ccccc1)N(Cc1c(OC)cc(OCCCCC(=O)O)cc1OC)C(=O)OCC1c2ccccc2-c2ccccc21. The smallest absolute Gasteiger partial charge is 0.410 e. The van der Waals surface area contributed by atoms with Crippen LogP contribution in [0.2, 0.25) is 0 Å². The maximum absolute atomic E-state index is 14.2. The fraction of sp³-hybridized carbons (Fsp3) is 0.308. The number of carboxylic acid groups (broad SMARTS) is 1. The zero-order chi connectivity index (χ0) is 34.8. The number of ether oxygens (including phenoxy) is 5. The first kappa shape index (κ1) is 34.8. The summed E-state index contributed by atoms with van der Waals surface area (Å²) in [4.78, 5) is 39.9. The van der Waals surface area contributed by atoms with E-state index in [9.17, 15) is 14.4 Å². The Hall–Kier alpha value is -5.51. The minimum absolute atomic E-state index is 0.0605. The summed E-state index contributed by atoms with van der Waals surface area (Å²) in [7, 11) is 4.28. The standard InChI is InChI=1S/C39H41NO9/c1-45-35-22-27(48-20-12-11-19-37(41)42)23-36(46-2)32(35)24-40(34(38(43)47-3)21-26-13-5-4-6-14-26)39(44)49-25-33-30-17-9-7-15-28(30)29-16-8-10-18-31(29)33/h4-10,13-18,22-23,33-34H,11-12,19-21,24-25H2,1-3H3,(H,41,42). The molecular weight excluding hydrogens is 626 g/mol. The van der Waals surface area contributed by atoms with Crippen molar-refractivity contribution in [3.63, 3.8) is 0 Å². The molecule has 10 heteroatoms. The van der Waals surface area contributed by atoms with Crippen molar-refractivity contribution in [2.24, 2.45) is 0 Å². The number of unbranched alkanes of at least 4 members (excludes halogenated alkanes) is 1. The molecule has 4 aromatic carbocycles. The second kappa shape index (κ2) is 16.5. The number of rotatable bonds is 16. The molecule has 0 spiro atoms. The Morgan fingerprint density at radius 3 is 1.96 bits per heavy atom.